The fourth-order valence-electron chi connectivity index (χ4n) is 4.07. The van der Waals surface area contributed by atoms with Crippen molar-refractivity contribution in [2.45, 2.75) is 12.7 Å². The molecule has 0 spiro atoms. The van der Waals surface area contributed by atoms with Crippen LogP contribution in [0.4, 0.5) is 5.69 Å². The average molecular weight is 567 g/mol. The minimum absolute atomic E-state index is 0.0561. The first-order valence-corrected chi connectivity index (χ1v) is 14.2. The van der Waals surface area contributed by atoms with Crippen LogP contribution < -0.4 is 15.2 Å². The molecule has 2 aromatic carbocycles. The van der Waals surface area contributed by atoms with Gasteiger partial charge in [0.2, 0.25) is 15.8 Å². The van der Waals surface area contributed by atoms with Gasteiger partial charge in [0.25, 0.3) is 0 Å². The first kappa shape index (κ1) is 27.4. The Morgan fingerprint density at radius 1 is 0.973 bits per heavy atom. The molecule has 0 amide bonds. The third kappa shape index (κ3) is 6.82. The highest BCUT2D eigenvalue weighted by Crippen LogP contribution is 2.27. The van der Waals surface area contributed by atoms with Gasteiger partial charge in [-0.25, -0.2) is 8.42 Å². The van der Waals surface area contributed by atoms with Crippen molar-refractivity contribution in [1.29, 1.82) is 0 Å². The van der Waals surface area contributed by atoms with Gasteiger partial charge in [-0.2, -0.15) is 14.1 Å². The number of halogens is 2. The molecule has 37 heavy (non-hydrogen) atoms. The molecule has 1 aromatic heterocycles. The quantitative estimate of drug-likeness (QED) is 0.346. The summed E-state index contributed by atoms with van der Waals surface area (Å²) < 4.78 is 39.8. The van der Waals surface area contributed by atoms with E-state index in [1.807, 2.05) is 30.0 Å². The van der Waals surface area contributed by atoms with Crippen molar-refractivity contribution >= 4 is 38.9 Å². The third-order valence-electron chi connectivity index (χ3n) is 5.85. The Morgan fingerprint density at radius 2 is 1.65 bits per heavy atom. The molecule has 1 fully saturated rings. The van der Waals surface area contributed by atoms with E-state index in [0.717, 1.165) is 5.56 Å². The van der Waals surface area contributed by atoms with Crippen molar-refractivity contribution in [2.24, 2.45) is 0 Å². The zero-order valence-corrected chi connectivity index (χ0v) is 22.7. The summed E-state index contributed by atoms with van der Waals surface area (Å²) in [6, 6.07) is 13.8. The number of ether oxygens (including phenoxy) is 2. The summed E-state index contributed by atoms with van der Waals surface area (Å²) in [6.45, 7) is 4.19. The minimum Gasteiger partial charge on any atom is -0.484 e. The molecular weight excluding hydrogens is 539 g/mol. The van der Waals surface area contributed by atoms with Crippen LogP contribution in [0.5, 0.6) is 5.75 Å². The zero-order chi connectivity index (χ0) is 26.4. The maximum Gasteiger partial charge on any atom is 0.316 e. The molecule has 0 bridgehead atoms. The van der Waals surface area contributed by atoms with Crippen molar-refractivity contribution in [3.05, 3.63) is 80.7 Å². The first-order valence-electron chi connectivity index (χ1n) is 11.8. The van der Waals surface area contributed by atoms with Crippen LogP contribution in [-0.4, -0.2) is 68.5 Å². The molecule has 0 radical (unpaired) electrons. The Morgan fingerprint density at radius 3 is 2.30 bits per heavy atom. The molecule has 0 unspecified atom stereocenters. The van der Waals surface area contributed by atoms with E-state index in [9.17, 15) is 13.2 Å². The Bertz CT molecular complexity index is 1360. The van der Waals surface area contributed by atoms with Gasteiger partial charge >= 0.3 is 5.56 Å². The van der Waals surface area contributed by atoms with E-state index in [2.05, 4.69) is 5.10 Å². The Kier molecular flexibility index (Phi) is 9.09. The molecule has 9 nitrogen and oxygen atoms in total. The molecule has 0 N–H and O–H groups in total. The summed E-state index contributed by atoms with van der Waals surface area (Å²) in [5.74, 6) is 0.0470. The molecule has 2 heterocycles. The van der Waals surface area contributed by atoms with Gasteiger partial charge in [0, 0.05) is 42.8 Å². The molecule has 198 valence electrons. The van der Waals surface area contributed by atoms with E-state index < -0.39 is 15.6 Å². The standard InChI is InChI=1S/C25H28Cl2N4O5S/c1-2-35-12-13-36-24-23(17-28-31(25(24)32)22-15-20(26)14-21(27)16-22)29-8-10-30(11-9-29)37(33,34)18-19-6-4-3-5-7-19/h3-7,14-17H,2,8-13,18H2,1H3. The monoisotopic (exact) mass is 566 g/mol. The molecule has 0 saturated carbocycles. The van der Waals surface area contributed by atoms with Gasteiger partial charge in [-0.15, -0.1) is 0 Å². The van der Waals surface area contributed by atoms with E-state index >= 15 is 0 Å². The number of rotatable bonds is 10. The molecule has 1 saturated heterocycles. The topological polar surface area (TPSA) is 94.0 Å². The molecular formula is C25H28Cl2N4O5S. The minimum atomic E-state index is -3.48. The predicted molar refractivity (Wildman–Crippen MR) is 145 cm³/mol. The molecule has 1 aliphatic heterocycles. The van der Waals surface area contributed by atoms with Crippen LogP contribution in [0.1, 0.15) is 12.5 Å². The summed E-state index contributed by atoms with van der Waals surface area (Å²) in [4.78, 5) is 15.4. The lowest BCUT2D eigenvalue weighted by molar-refractivity contribution is 0.109. The summed E-state index contributed by atoms with van der Waals surface area (Å²) in [7, 11) is -3.48. The van der Waals surface area contributed by atoms with Crippen molar-refractivity contribution in [3.63, 3.8) is 0 Å². The maximum absolute atomic E-state index is 13.5. The summed E-state index contributed by atoms with van der Waals surface area (Å²) >= 11 is 12.3. The van der Waals surface area contributed by atoms with Crippen molar-refractivity contribution < 1.29 is 17.9 Å². The van der Waals surface area contributed by atoms with E-state index in [1.54, 1.807) is 36.5 Å². The van der Waals surface area contributed by atoms with E-state index in [0.29, 0.717) is 47.7 Å². The second kappa shape index (κ2) is 12.3. The van der Waals surface area contributed by atoms with Crippen molar-refractivity contribution in [3.8, 4) is 11.4 Å². The van der Waals surface area contributed by atoms with Crippen LogP contribution in [0.2, 0.25) is 10.0 Å². The van der Waals surface area contributed by atoms with Crippen LogP contribution in [0.3, 0.4) is 0 Å². The summed E-state index contributed by atoms with van der Waals surface area (Å²) in [5, 5.41) is 5.07. The van der Waals surface area contributed by atoms with Crippen LogP contribution in [0, 0.1) is 0 Å². The van der Waals surface area contributed by atoms with Gasteiger partial charge in [0.05, 0.1) is 24.2 Å². The number of piperazine rings is 1. The van der Waals surface area contributed by atoms with E-state index in [4.69, 9.17) is 32.7 Å². The van der Waals surface area contributed by atoms with Gasteiger partial charge in [-0.1, -0.05) is 53.5 Å². The van der Waals surface area contributed by atoms with Gasteiger partial charge in [-0.3, -0.25) is 4.79 Å². The van der Waals surface area contributed by atoms with Gasteiger partial charge in [-0.05, 0) is 30.7 Å². The van der Waals surface area contributed by atoms with Gasteiger partial charge in [0.1, 0.15) is 12.3 Å². The molecule has 1 aliphatic rings. The zero-order valence-electron chi connectivity index (χ0n) is 20.3. The summed E-state index contributed by atoms with van der Waals surface area (Å²) in [6.07, 6.45) is 1.54. The van der Waals surface area contributed by atoms with Gasteiger partial charge in [0.15, 0.2) is 0 Å². The number of sulfonamides is 1. The molecule has 3 aromatic rings. The lowest BCUT2D eigenvalue weighted by Crippen LogP contribution is -2.49. The SMILES string of the molecule is CCOCCOc1c(N2CCN(S(=O)(=O)Cc3ccccc3)CC2)cnn(-c2cc(Cl)cc(Cl)c2)c1=O. The highest BCUT2D eigenvalue weighted by Gasteiger charge is 2.29. The largest absolute Gasteiger partial charge is 0.484 e. The second-order valence-electron chi connectivity index (χ2n) is 8.38. The number of benzene rings is 2. The highest BCUT2D eigenvalue weighted by molar-refractivity contribution is 7.88. The van der Waals surface area contributed by atoms with Crippen molar-refractivity contribution in [2.75, 3.05) is 50.9 Å². The first-order chi connectivity index (χ1) is 17.8. The fraction of sp³-hybridized carbons (Fsp3) is 0.360. The molecule has 12 heteroatoms. The lowest BCUT2D eigenvalue weighted by Gasteiger charge is -2.35. The van der Waals surface area contributed by atoms with Crippen LogP contribution in [-0.2, 0) is 20.5 Å². The predicted octanol–water partition coefficient (Wildman–Crippen LogP) is 3.61. The number of anilines is 1. The van der Waals surface area contributed by atoms with Gasteiger partial charge < -0.3 is 14.4 Å². The van der Waals surface area contributed by atoms with Crippen molar-refractivity contribution in [1.82, 2.24) is 14.1 Å². The van der Waals surface area contributed by atoms with Crippen LogP contribution in [0.15, 0.2) is 59.5 Å². The number of hydrogen-bond acceptors (Lipinski definition) is 7. The lowest BCUT2D eigenvalue weighted by atomic mass is 10.2. The Hall–Kier alpha value is -2.63. The molecule has 0 aliphatic carbocycles. The number of nitrogens with zero attached hydrogens (tertiary/aromatic N) is 4. The van der Waals surface area contributed by atoms with E-state index in [1.165, 1.54) is 8.99 Å². The molecule has 0 atom stereocenters. The van der Waals surface area contributed by atoms with Crippen LogP contribution in [0.25, 0.3) is 5.69 Å². The second-order valence-corrected chi connectivity index (χ2v) is 11.2. The normalized spacial score (nSPS) is 14.6. The maximum atomic E-state index is 13.5. The smallest absolute Gasteiger partial charge is 0.316 e. The summed E-state index contributed by atoms with van der Waals surface area (Å²) in [5.41, 5.74) is 1.15. The fourth-order valence-corrected chi connectivity index (χ4v) is 6.10. The Labute approximate surface area is 226 Å². The van der Waals surface area contributed by atoms with Crippen LogP contribution >= 0.6 is 23.2 Å². The third-order valence-corrected chi connectivity index (χ3v) is 8.14. The molecule has 4 rings (SSSR count). The number of aromatic nitrogens is 2. The average Bonchev–Trinajstić information content (AvgIpc) is 2.87. The number of hydrogen-bond donors (Lipinski definition) is 0. The van der Waals surface area contributed by atoms with E-state index in [-0.39, 0.29) is 31.2 Å². The Balaban J connectivity index is 1.56. The highest BCUT2D eigenvalue weighted by atomic mass is 35.5.